The Kier molecular flexibility index (Phi) is 3.39. The highest BCUT2D eigenvalue weighted by Gasteiger charge is 2.16. The Morgan fingerprint density at radius 1 is 1.19 bits per heavy atom. The number of carbonyl (C=O) groups is 1. The molecule has 2 heterocycles. The van der Waals surface area contributed by atoms with Gasteiger partial charge in [-0.15, -0.1) is 0 Å². The van der Waals surface area contributed by atoms with Crippen LogP contribution in [0.5, 0.6) is 0 Å². The van der Waals surface area contributed by atoms with E-state index < -0.39 is 0 Å². The molecule has 2 rings (SSSR count). The number of aromatic nitrogens is 1. The van der Waals surface area contributed by atoms with Crippen LogP contribution in [0.1, 0.15) is 19.3 Å². The summed E-state index contributed by atoms with van der Waals surface area (Å²) < 4.78 is 1.46. The molecule has 0 radical (unpaired) electrons. The van der Waals surface area contributed by atoms with E-state index in [-0.39, 0.29) is 18.0 Å². The van der Waals surface area contributed by atoms with E-state index in [1.54, 1.807) is 18.3 Å². The summed E-state index contributed by atoms with van der Waals surface area (Å²) in [5.74, 6) is 0.0491. The Hall–Kier alpha value is -1.58. The van der Waals surface area contributed by atoms with E-state index in [4.69, 9.17) is 0 Å². The number of rotatable bonds is 2. The third kappa shape index (κ3) is 2.51. The first-order chi connectivity index (χ1) is 7.77. The van der Waals surface area contributed by atoms with Crippen molar-refractivity contribution in [1.29, 1.82) is 0 Å². The van der Waals surface area contributed by atoms with Crippen LogP contribution in [0.25, 0.3) is 0 Å². The zero-order valence-electron chi connectivity index (χ0n) is 9.26. The molecule has 1 aromatic heterocycles. The molecule has 1 aromatic rings. The number of hydrogen-bond donors (Lipinski definition) is 0. The van der Waals surface area contributed by atoms with Crippen LogP contribution < -0.4 is 5.56 Å². The molecule has 0 aliphatic carbocycles. The molecule has 1 fully saturated rings. The van der Waals surface area contributed by atoms with E-state index in [0.29, 0.717) is 0 Å². The van der Waals surface area contributed by atoms with Gasteiger partial charge in [0.15, 0.2) is 0 Å². The summed E-state index contributed by atoms with van der Waals surface area (Å²) >= 11 is 0. The fraction of sp³-hybridized carbons (Fsp3) is 0.500. The van der Waals surface area contributed by atoms with Gasteiger partial charge < -0.3 is 9.47 Å². The fourth-order valence-electron chi connectivity index (χ4n) is 1.98. The fourth-order valence-corrected chi connectivity index (χ4v) is 1.98. The highest BCUT2D eigenvalue weighted by Crippen LogP contribution is 2.08. The minimum atomic E-state index is -0.118. The van der Waals surface area contributed by atoms with Crippen LogP contribution in [0.15, 0.2) is 29.2 Å². The lowest BCUT2D eigenvalue weighted by molar-refractivity contribution is -0.132. The first kappa shape index (κ1) is 10.9. The molecular formula is C12H16N2O2. The molecular weight excluding hydrogens is 204 g/mol. The number of amides is 1. The van der Waals surface area contributed by atoms with Crippen molar-refractivity contribution < 1.29 is 4.79 Å². The van der Waals surface area contributed by atoms with Gasteiger partial charge >= 0.3 is 0 Å². The Labute approximate surface area is 94.5 Å². The Morgan fingerprint density at radius 2 is 1.94 bits per heavy atom. The van der Waals surface area contributed by atoms with Crippen LogP contribution in [0.3, 0.4) is 0 Å². The lowest BCUT2D eigenvalue weighted by Gasteiger charge is -2.26. The maximum Gasteiger partial charge on any atom is 0.250 e. The highest BCUT2D eigenvalue weighted by molar-refractivity contribution is 5.76. The zero-order valence-corrected chi connectivity index (χ0v) is 9.26. The lowest BCUT2D eigenvalue weighted by atomic mass is 10.1. The van der Waals surface area contributed by atoms with Gasteiger partial charge in [0.1, 0.15) is 6.54 Å². The van der Waals surface area contributed by atoms with Crippen molar-refractivity contribution in [2.24, 2.45) is 0 Å². The van der Waals surface area contributed by atoms with Crippen molar-refractivity contribution in [2.75, 3.05) is 13.1 Å². The first-order valence-electron chi connectivity index (χ1n) is 5.70. The second-order valence-electron chi connectivity index (χ2n) is 4.11. The summed E-state index contributed by atoms with van der Waals surface area (Å²) in [6, 6.07) is 4.93. The molecule has 0 atom stereocenters. The van der Waals surface area contributed by atoms with Crippen LogP contribution in [-0.4, -0.2) is 28.5 Å². The molecule has 4 nitrogen and oxygen atoms in total. The van der Waals surface area contributed by atoms with Crippen molar-refractivity contribution in [2.45, 2.75) is 25.8 Å². The molecule has 86 valence electrons. The molecule has 0 saturated carbocycles. The average Bonchev–Trinajstić information content (AvgIpc) is 2.33. The van der Waals surface area contributed by atoms with Gasteiger partial charge in [0.05, 0.1) is 0 Å². The molecule has 1 aliphatic heterocycles. The van der Waals surface area contributed by atoms with E-state index in [1.807, 2.05) is 4.90 Å². The van der Waals surface area contributed by atoms with Gasteiger partial charge in [-0.3, -0.25) is 9.59 Å². The molecule has 4 heteroatoms. The SMILES string of the molecule is O=C(Cn1ccccc1=O)N1CCCCC1. The van der Waals surface area contributed by atoms with Crippen molar-refractivity contribution in [3.63, 3.8) is 0 Å². The second-order valence-corrected chi connectivity index (χ2v) is 4.11. The molecule has 16 heavy (non-hydrogen) atoms. The van der Waals surface area contributed by atoms with E-state index in [2.05, 4.69) is 0 Å². The van der Waals surface area contributed by atoms with Crippen molar-refractivity contribution in [1.82, 2.24) is 9.47 Å². The predicted molar refractivity (Wildman–Crippen MR) is 61.1 cm³/mol. The van der Waals surface area contributed by atoms with Gasteiger partial charge in [-0.05, 0) is 25.3 Å². The quantitative estimate of drug-likeness (QED) is 0.742. The summed E-state index contributed by atoms with van der Waals surface area (Å²) in [7, 11) is 0. The minimum absolute atomic E-state index is 0.0491. The van der Waals surface area contributed by atoms with E-state index in [1.165, 1.54) is 17.1 Å². The van der Waals surface area contributed by atoms with Crippen molar-refractivity contribution >= 4 is 5.91 Å². The van der Waals surface area contributed by atoms with Crippen molar-refractivity contribution in [3.05, 3.63) is 34.7 Å². The van der Waals surface area contributed by atoms with Crippen LogP contribution in [0, 0.1) is 0 Å². The van der Waals surface area contributed by atoms with Gasteiger partial charge in [0.2, 0.25) is 5.91 Å². The van der Waals surface area contributed by atoms with Gasteiger partial charge in [0.25, 0.3) is 5.56 Å². The summed E-state index contributed by atoms with van der Waals surface area (Å²) in [6.07, 6.45) is 5.02. The third-order valence-corrected chi connectivity index (χ3v) is 2.91. The van der Waals surface area contributed by atoms with E-state index >= 15 is 0 Å². The van der Waals surface area contributed by atoms with Gasteiger partial charge in [0, 0.05) is 25.4 Å². The largest absolute Gasteiger partial charge is 0.341 e. The monoisotopic (exact) mass is 220 g/mol. The Morgan fingerprint density at radius 3 is 2.62 bits per heavy atom. The molecule has 0 aromatic carbocycles. The number of pyridine rings is 1. The minimum Gasteiger partial charge on any atom is -0.341 e. The van der Waals surface area contributed by atoms with Crippen LogP contribution >= 0.6 is 0 Å². The molecule has 0 spiro atoms. The molecule has 0 N–H and O–H groups in total. The number of carbonyl (C=O) groups excluding carboxylic acids is 1. The number of hydrogen-bond acceptors (Lipinski definition) is 2. The van der Waals surface area contributed by atoms with Crippen LogP contribution in [0.2, 0.25) is 0 Å². The Balaban J connectivity index is 2.01. The molecule has 0 unspecified atom stereocenters. The molecule has 1 amide bonds. The third-order valence-electron chi connectivity index (χ3n) is 2.91. The molecule has 0 bridgehead atoms. The summed E-state index contributed by atoms with van der Waals surface area (Å²) in [5, 5.41) is 0. The summed E-state index contributed by atoms with van der Waals surface area (Å²) in [5.41, 5.74) is -0.118. The number of nitrogens with zero attached hydrogens (tertiary/aromatic N) is 2. The van der Waals surface area contributed by atoms with Crippen molar-refractivity contribution in [3.8, 4) is 0 Å². The standard InChI is InChI=1S/C12H16N2O2/c15-11-6-2-5-9-14(11)10-12(16)13-7-3-1-4-8-13/h2,5-6,9H,1,3-4,7-8,10H2. The second kappa shape index (κ2) is 4.96. The molecule has 1 saturated heterocycles. The summed E-state index contributed by atoms with van der Waals surface area (Å²) in [4.78, 5) is 25.2. The summed E-state index contributed by atoms with van der Waals surface area (Å²) in [6.45, 7) is 1.83. The van der Waals surface area contributed by atoms with Gasteiger partial charge in [-0.25, -0.2) is 0 Å². The lowest BCUT2D eigenvalue weighted by Crippen LogP contribution is -2.39. The zero-order chi connectivity index (χ0) is 11.4. The van der Waals surface area contributed by atoms with Gasteiger partial charge in [-0.1, -0.05) is 6.07 Å². The van der Waals surface area contributed by atoms with Crippen LogP contribution in [-0.2, 0) is 11.3 Å². The van der Waals surface area contributed by atoms with E-state index in [9.17, 15) is 9.59 Å². The molecule has 1 aliphatic rings. The van der Waals surface area contributed by atoms with E-state index in [0.717, 1.165) is 25.9 Å². The average molecular weight is 220 g/mol. The maximum atomic E-state index is 11.9. The number of likely N-dealkylation sites (tertiary alicyclic amines) is 1. The topological polar surface area (TPSA) is 42.3 Å². The number of piperidine rings is 1. The van der Waals surface area contributed by atoms with Gasteiger partial charge in [-0.2, -0.15) is 0 Å². The Bertz CT molecular complexity index is 419. The normalized spacial score (nSPS) is 16.1. The predicted octanol–water partition coefficient (Wildman–Crippen LogP) is 0.861. The first-order valence-corrected chi connectivity index (χ1v) is 5.70. The van der Waals surface area contributed by atoms with Crippen LogP contribution in [0.4, 0.5) is 0 Å². The maximum absolute atomic E-state index is 11.9. The highest BCUT2D eigenvalue weighted by atomic mass is 16.2. The smallest absolute Gasteiger partial charge is 0.250 e.